The van der Waals surface area contributed by atoms with Crippen molar-refractivity contribution in [3.05, 3.63) is 70.8 Å². The predicted molar refractivity (Wildman–Crippen MR) is 115 cm³/mol. The number of amides is 1. The maximum Gasteiger partial charge on any atom is 0.339 e. The maximum absolute atomic E-state index is 12.7. The maximum atomic E-state index is 12.7. The molecule has 162 valence electrons. The molecule has 0 aliphatic carbocycles. The van der Waals surface area contributed by atoms with Crippen molar-refractivity contribution in [3.63, 3.8) is 0 Å². The van der Waals surface area contributed by atoms with Crippen molar-refractivity contribution in [2.24, 2.45) is 0 Å². The Morgan fingerprint density at radius 1 is 1.03 bits per heavy atom. The van der Waals surface area contributed by atoms with E-state index >= 15 is 0 Å². The van der Waals surface area contributed by atoms with Crippen LogP contribution in [0.1, 0.15) is 70.6 Å². The van der Waals surface area contributed by atoms with Crippen LogP contribution >= 0.6 is 0 Å². The highest BCUT2D eigenvalue weighted by atomic mass is 16.6. The zero-order chi connectivity index (χ0) is 21.8. The van der Waals surface area contributed by atoms with Gasteiger partial charge in [-0.2, -0.15) is 0 Å². The van der Waals surface area contributed by atoms with Gasteiger partial charge in [0, 0.05) is 19.5 Å². The van der Waals surface area contributed by atoms with Crippen LogP contribution in [0.4, 0.5) is 0 Å². The summed E-state index contributed by atoms with van der Waals surface area (Å²) in [5, 5.41) is 0. The first-order valence-corrected chi connectivity index (χ1v) is 10.9. The summed E-state index contributed by atoms with van der Waals surface area (Å²) in [6, 6.07) is 14.4. The summed E-state index contributed by atoms with van der Waals surface area (Å²) in [6.45, 7) is 3.04. The summed E-state index contributed by atoms with van der Waals surface area (Å²) in [6.07, 6.45) is 3.46. The SMILES string of the molecule is C[C@@H](OC(=O)c1ccc2c(c1)C[C@@H](c1ccccc1)OC2=O)C(=O)N1CCCCCC1. The molecule has 2 aromatic carbocycles. The molecule has 0 unspecified atom stereocenters. The molecule has 2 atom stereocenters. The van der Waals surface area contributed by atoms with Gasteiger partial charge < -0.3 is 14.4 Å². The first-order chi connectivity index (χ1) is 15.0. The second kappa shape index (κ2) is 9.33. The summed E-state index contributed by atoms with van der Waals surface area (Å²) >= 11 is 0. The highest BCUT2D eigenvalue weighted by Crippen LogP contribution is 2.31. The molecule has 0 saturated carbocycles. The molecule has 1 amide bonds. The lowest BCUT2D eigenvalue weighted by Crippen LogP contribution is -2.40. The second-order valence-corrected chi connectivity index (χ2v) is 8.17. The number of hydrogen-bond acceptors (Lipinski definition) is 5. The summed E-state index contributed by atoms with van der Waals surface area (Å²) in [7, 11) is 0. The van der Waals surface area contributed by atoms with E-state index < -0.39 is 24.1 Å². The fraction of sp³-hybridized carbons (Fsp3) is 0.400. The number of ether oxygens (including phenoxy) is 2. The van der Waals surface area contributed by atoms with Crippen molar-refractivity contribution in [3.8, 4) is 0 Å². The van der Waals surface area contributed by atoms with Crippen LogP contribution in [-0.2, 0) is 20.7 Å². The van der Waals surface area contributed by atoms with Crippen LogP contribution in [0.25, 0.3) is 0 Å². The van der Waals surface area contributed by atoms with E-state index in [1.54, 1.807) is 30.0 Å². The normalized spacial score (nSPS) is 19.6. The first kappa shape index (κ1) is 21.1. The quantitative estimate of drug-likeness (QED) is 0.696. The van der Waals surface area contributed by atoms with Gasteiger partial charge in [-0.3, -0.25) is 4.79 Å². The molecule has 2 aliphatic rings. The monoisotopic (exact) mass is 421 g/mol. The van der Waals surface area contributed by atoms with E-state index in [0.717, 1.165) is 36.8 Å². The molecule has 6 nitrogen and oxygen atoms in total. The van der Waals surface area contributed by atoms with E-state index in [9.17, 15) is 14.4 Å². The number of carbonyl (C=O) groups excluding carboxylic acids is 3. The minimum Gasteiger partial charge on any atom is -0.454 e. The molecule has 2 heterocycles. The standard InChI is InChI=1S/C25H27NO5/c1-17(23(27)26-13-7-2-3-8-14-26)30-24(28)19-11-12-21-20(15-19)16-22(31-25(21)29)18-9-5-4-6-10-18/h4-6,9-12,15,17,22H,2-3,7-8,13-14,16H2,1H3/t17-,22+/m1/s1. The lowest BCUT2D eigenvalue weighted by atomic mass is 9.93. The third kappa shape index (κ3) is 4.79. The van der Waals surface area contributed by atoms with Gasteiger partial charge in [-0.05, 0) is 49.1 Å². The van der Waals surface area contributed by atoms with Crippen LogP contribution < -0.4 is 0 Å². The highest BCUT2D eigenvalue weighted by Gasteiger charge is 2.29. The van der Waals surface area contributed by atoms with Gasteiger partial charge in [0.05, 0.1) is 11.1 Å². The van der Waals surface area contributed by atoms with Crippen LogP contribution in [0.3, 0.4) is 0 Å². The summed E-state index contributed by atoms with van der Waals surface area (Å²) in [5.41, 5.74) is 2.44. The number of benzene rings is 2. The van der Waals surface area contributed by atoms with Crippen LogP contribution in [0.15, 0.2) is 48.5 Å². The van der Waals surface area contributed by atoms with Crippen LogP contribution in [-0.4, -0.2) is 41.9 Å². The first-order valence-electron chi connectivity index (χ1n) is 10.9. The van der Waals surface area contributed by atoms with Crippen molar-refractivity contribution in [2.45, 2.75) is 51.2 Å². The average molecular weight is 421 g/mol. The molecule has 0 radical (unpaired) electrons. The Kier molecular flexibility index (Phi) is 6.35. The molecule has 31 heavy (non-hydrogen) atoms. The van der Waals surface area contributed by atoms with Gasteiger partial charge in [0.2, 0.25) is 0 Å². The summed E-state index contributed by atoms with van der Waals surface area (Å²) < 4.78 is 11.0. The zero-order valence-corrected chi connectivity index (χ0v) is 17.7. The topological polar surface area (TPSA) is 72.9 Å². The number of nitrogens with zero attached hydrogens (tertiary/aromatic N) is 1. The molecule has 0 spiro atoms. The summed E-state index contributed by atoms with van der Waals surface area (Å²) in [4.78, 5) is 39.6. The number of fused-ring (bicyclic) bond motifs is 1. The van der Waals surface area contributed by atoms with Crippen molar-refractivity contribution in [2.75, 3.05) is 13.1 Å². The third-order valence-electron chi connectivity index (χ3n) is 5.94. The lowest BCUT2D eigenvalue weighted by molar-refractivity contribution is -0.139. The smallest absolute Gasteiger partial charge is 0.339 e. The van der Waals surface area contributed by atoms with Gasteiger partial charge in [0.25, 0.3) is 5.91 Å². The molecule has 2 aliphatic heterocycles. The molecule has 1 saturated heterocycles. The van der Waals surface area contributed by atoms with Crippen molar-refractivity contribution >= 4 is 17.8 Å². The van der Waals surface area contributed by atoms with Gasteiger partial charge in [-0.15, -0.1) is 0 Å². The fourth-order valence-corrected chi connectivity index (χ4v) is 4.20. The molecular weight excluding hydrogens is 394 g/mol. The molecule has 1 fully saturated rings. The van der Waals surface area contributed by atoms with Gasteiger partial charge in [-0.1, -0.05) is 43.2 Å². The molecule has 4 rings (SSSR count). The Morgan fingerprint density at radius 2 is 1.74 bits per heavy atom. The van der Waals surface area contributed by atoms with Gasteiger partial charge in [0.1, 0.15) is 6.10 Å². The zero-order valence-electron chi connectivity index (χ0n) is 17.7. The van der Waals surface area contributed by atoms with E-state index in [0.29, 0.717) is 30.6 Å². The largest absolute Gasteiger partial charge is 0.454 e. The van der Waals surface area contributed by atoms with Crippen LogP contribution in [0, 0.1) is 0 Å². The van der Waals surface area contributed by atoms with E-state index in [1.807, 2.05) is 30.3 Å². The number of likely N-dealkylation sites (tertiary alicyclic amines) is 1. The van der Waals surface area contributed by atoms with Crippen LogP contribution in [0.2, 0.25) is 0 Å². The molecule has 0 aromatic heterocycles. The number of carbonyl (C=O) groups is 3. The number of rotatable bonds is 4. The van der Waals surface area contributed by atoms with E-state index in [-0.39, 0.29) is 5.91 Å². The molecule has 0 bridgehead atoms. The molecule has 0 N–H and O–H groups in total. The van der Waals surface area contributed by atoms with Gasteiger partial charge in [-0.25, -0.2) is 9.59 Å². The second-order valence-electron chi connectivity index (χ2n) is 8.17. The van der Waals surface area contributed by atoms with E-state index in [1.165, 1.54) is 0 Å². The Balaban J connectivity index is 1.46. The van der Waals surface area contributed by atoms with Crippen molar-refractivity contribution in [1.82, 2.24) is 4.90 Å². The number of hydrogen-bond donors (Lipinski definition) is 0. The average Bonchev–Trinajstić information content (AvgIpc) is 3.08. The van der Waals surface area contributed by atoms with Crippen LogP contribution in [0.5, 0.6) is 0 Å². The van der Waals surface area contributed by atoms with Gasteiger partial charge >= 0.3 is 11.9 Å². The minimum atomic E-state index is -0.844. The highest BCUT2D eigenvalue weighted by molar-refractivity contribution is 5.96. The fourth-order valence-electron chi connectivity index (χ4n) is 4.20. The number of cyclic esters (lactones) is 1. The Labute approximate surface area is 182 Å². The lowest BCUT2D eigenvalue weighted by Gasteiger charge is -2.26. The van der Waals surface area contributed by atoms with E-state index in [4.69, 9.17) is 9.47 Å². The van der Waals surface area contributed by atoms with E-state index in [2.05, 4.69) is 0 Å². The Morgan fingerprint density at radius 3 is 2.45 bits per heavy atom. The van der Waals surface area contributed by atoms with Gasteiger partial charge in [0.15, 0.2) is 6.10 Å². The molecule has 2 aromatic rings. The Bertz CT molecular complexity index is 963. The molecular formula is C25H27NO5. The minimum absolute atomic E-state index is 0.152. The number of esters is 2. The predicted octanol–water partition coefficient (Wildman–Crippen LogP) is 4.09. The summed E-state index contributed by atoms with van der Waals surface area (Å²) in [5.74, 6) is -1.12. The van der Waals surface area contributed by atoms with Crippen molar-refractivity contribution < 1.29 is 23.9 Å². The third-order valence-corrected chi connectivity index (χ3v) is 5.94. The Hall–Kier alpha value is -3.15. The molecule has 6 heteroatoms. The van der Waals surface area contributed by atoms with Crippen molar-refractivity contribution in [1.29, 1.82) is 0 Å².